The zero-order valence-electron chi connectivity index (χ0n) is 14.9. The topological polar surface area (TPSA) is 126 Å². The van der Waals surface area contributed by atoms with Gasteiger partial charge in [0.1, 0.15) is 0 Å². The first-order valence-corrected chi connectivity index (χ1v) is 9.78. The molecule has 2 aromatic rings. The normalized spacial score (nSPS) is 14.9. The van der Waals surface area contributed by atoms with Gasteiger partial charge in [-0.15, -0.1) is 12.4 Å². The maximum absolute atomic E-state index is 12.6. The fourth-order valence-electron chi connectivity index (χ4n) is 2.74. The molecular formula is C17H21ClN4O5S. The van der Waals surface area contributed by atoms with Crippen LogP contribution in [-0.4, -0.2) is 62.2 Å². The van der Waals surface area contributed by atoms with Crippen LogP contribution in [0, 0.1) is 0 Å². The highest BCUT2D eigenvalue weighted by molar-refractivity contribution is 7.89. The van der Waals surface area contributed by atoms with Gasteiger partial charge < -0.3 is 20.4 Å². The first kappa shape index (κ1) is 21.7. The maximum Gasteiger partial charge on any atom is 0.284 e. The lowest BCUT2D eigenvalue weighted by molar-refractivity contribution is -0.130. The highest BCUT2D eigenvalue weighted by Crippen LogP contribution is 2.20. The molecule has 152 valence electrons. The summed E-state index contributed by atoms with van der Waals surface area (Å²) in [6, 6.07) is 11.8. The molecule has 0 bridgehead atoms. The van der Waals surface area contributed by atoms with E-state index in [-0.39, 0.29) is 61.9 Å². The van der Waals surface area contributed by atoms with Gasteiger partial charge in [-0.2, -0.15) is 4.31 Å². The van der Waals surface area contributed by atoms with Crippen LogP contribution < -0.4 is 11.1 Å². The third-order valence-corrected chi connectivity index (χ3v) is 6.00. The van der Waals surface area contributed by atoms with Gasteiger partial charge in [0.05, 0.1) is 6.54 Å². The van der Waals surface area contributed by atoms with Gasteiger partial charge in [0, 0.05) is 31.9 Å². The molecule has 2 heterocycles. The predicted octanol–water partition coefficient (Wildman–Crippen LogP) is 0.745. The maximum atomic E-state index is 12.6. The van der Waals surface area contributed by atoms with Crippen molar-refractivity contribution in [2.75, 3.05) is 38.0 Å². The van der Waals surface area contributed by atoms with Crippen LogP contribution in [-0.2, 0) is 14.8 Å². The van der Waals surface area contributed by atoms with Gasteiger partial charge in [0.2, 0.25) is 11.0 Å². The number of primary amides is 1. The average molecular weight is 429 g/mol. The number of nitrogens with two attached hydrogens (primary N) is 1. The summed E-state index contributed by atoms with van der Waals surface area (Å²) in [7, 11) is -3.87. The molecule has 0 aliphatic carbocycles. The van der Waals surface area contributed by atoms with Crippen molar-refractivity contribution in [3.63, 3.8) is 0 Å². The van der Waals surface area contributed by atoms with E-state index in [1.54, 1.807) is 4.90 Å². The Balaban J connectivity index is 0.00000280. The van der Waals surface area contributed by atoms with Crippen molar-refractivity contribution in [3.05, 3.63) is 48.2 Å². The number of para-hydroxylation sites is 1. The summed E-state index contributed by atoms with van der Waals surface area (Å²) in [5.74, 6) is -1.16. The number of nitrogens with zero attached hydrogens (tertiary/aromatic N) is 2. The Kier molecular flexibility index (Phi) is 7.05. The third kappa shape index (κ3) is 4.83. The molecule has 11 heteroatoms. The Morgan fingerprint density at radius 2 is 1.68 bits per heavy atom. The van der Waals surface area contributed by atoms with Gasteiger partial charge in [0.25, 0.3) is 15.9 Å². The van der Waals surface area contributed by atoms with Gasteiger partial charge >= 0.3 is 0 Å². The zero-order chi connectivity index (χ0) is 19.4. The number of furan rings is 1. The second kappa shape index (κ2) is 9.09. The number of rotatable bonds is 6. The molecule has 1 aliphatic heterocycles. The number of hydrogen-bond donors (Lipinski definition) is 2. The van der Waals surface area contributed by atoms with E-state index in [2.05, 4.69) is 5.32 Å². The molecule has 0 spiro atoms. The number of piperazine rings is 1. The minimum absolute atomic E-state index is 0. The molecule has 0 atom stereocenters. The molecule has 1 aliphatic rings. The number of benzene rings is 1. The Labute approximate surface area is 168 Å². The first-order chi connectivity index (χ1) is 12.9. The summed E-state index contributed by atoms with van der Waals surface area (Å²) < 4.78 is 31.4. The molecule has 3 rings (SSSR count). The quantitative estimate of drug-likeness (QED) is 0.699. The molecule has 0 unspecified atom stereocenters. The van der Waals surface area contributed by atoms with Crippen molar-refractivity contribution >= 4 is 39.9 Å². The number of halogens is 1. The van der Waals surface area contributed by atoms with Crippen LogP contribution in [0.15, 0.2) is 52.0 Å². The highest BCUT2D eigenvalue weighted by Gasteiger charge is 2.32. The van der Waals surface area contributed by atoms with Crippen molar-refractivity contribution in [1.82, 2.24) is 9.21 Å². The van der Waals surface area contributed by atoms with Gasteiger partial charge in [0.15, 0.2) is 5.76 Å². The molecule has 2 amide bonds. The SMILES string of the molecule is Cl.NC(=O)c1ccc(S(=O)(=O)N2CCN(C(=O)CNc3ccccc3)CC2)o1. The van der Waals surface area contributed by atoms with E-state index in [0.717, 1.165) is 5.69 Å². The van der Waals surface area contributed by atoms with Crippen LogP contribution in [0.3, 0.4) is 0 Å². The largest absolute Gasteiger partial charge is 0.438 e. The van der Waals surface area contributed by atoms with Crippen LogP contribution in [0.4, 0.5) is 5.69 Å². The second-order valence-electron chi connectivity index (χ2n) is 5.99. The molecule has 3 N–H and O–H groups in total. The van der Waals surface area contributed by atoms with Crippen LogP contribution in [0.5, 0.6) is 0 Å². The average Bonchev–Trinajstić information content (AvgIpc) is 3.18. The van der Waals surface area contributed by atoms with Crippen molar-refractivity contribution in [1.29, 1.82) is 0 Å². The molecule has 9 nitrogen and oxygen atoms in total. The Hall–Kier alpha value is -2.56. The summed E-state index contributed by atoms with van der Waals surface area (Å²) in [5.41, 5.74) is 5.92. The van der Waals surface area contributed by atoms with Gasteiger partial charge in [-0.05, 0) is 24.3 Å². The molecule has 28 heavy (non-hydrogen) atoms. The lowest BCUT2D eigenvalue weighted by atomic mass is 10.3. The number of amides is 2. The van der Waals surface area contributed by atoms with Crippen LogP contribution >= 0.6 is 12.4 Å². The fraction of sp³-hybridized carbons (Fsp3) is 0.294. The first-order valence-electron chi connectivity index (χ1n) is 8.34. The Morgan fingerprint density at radius 3 is 2.25 bits per heavy atom. The van der Waals surface area contributed by atoms with E-state index < -0.39 is 15.9 Å². The van der Waals surface area contributed by atoms with Crippen molar-refractivity contribution in [2.24, 2.45) is 5.73 Å². The Bertz CT molecular complexity index is 924. The molecule has 1 aromatic heterocycles. The van der Waals surface area contributed by atoms with E-state index in [9.17, 15) is 18.0 Å². The molecule has 1 aromatic carbocycles. The highest BCUT2D eigenvalue weighted by atomic mass is 35.5. The van der Waals surface area contributed by atoms with E-state index in [1.165, 1.54) is 16.4 Å². The minimum Gasteiger partial charge on any atom is -0.438 e. The zero-order valence-corrected chi connectivity index (χ0v) is 16.5. The standard InChI is InChI=1S/C17H20N4O5S.ClH/c18-17(23)14-6-7-16(26-14)27(24,25)21-10-8-20(9-11-21)15(22)12-19-13-4-2-1-3-5-13;/h1-7,19H,8-12H2,(H2,18,23);1H. The lowest BCUT2D eigenvalue weighted by Gasteiger charge is -2.33. The fourth-order valence-corrected chi connectivity index (χ4v) is 4.08. The van der Waals surface area contributed by atoms with Crippen molar-refractivity contribution < 1.29 is 22.4 Å². The molecule has 0 saturated carbocycles. The number of sulfonamides is 1. The van der Waals surface area contributed by atoms with Gasteiger partial charge in [-0.3, -0.25) is 9.59 Å². The number of hydrogen-bond acceptors (Lipinski definition) is 6. The second-order valence-corrected chi connectivity index (χ2v) is 7.86. The van der Waals surface area contributed by atoms with Crippen molar-refractivity contribution in [2.45, 2.75) is 5.09 Å². The Morgan fingerprint density at radius 1 is 1.04 bits per heavy atom. The summed E-state index contributed by atoms with van der Waals surface area (Å²) in [6.45, 7) is 0.977. The van der Waals surface area contributed by atoms with Crippen LogP contribution in [0.2, 0.25) is 0 Å². The summed E-state index contributed by atoms with van der Waals surface area (Å²) in [5, 5.41) is 2.71. The van der Waals surface area contributed by atoms with E-state index in [4.69, 9.17) is 10.2 Å². The minimum atomic E-state index is -3.87. The third-order valence-electron chi connectivity index (χ3n) is 4.23. The molecule has 1 saturated heterocycles. The summed E-state index contributed by atoms with van der Waals surface area (Å²) in [6.07, 6.45) is 0. The van der Waals surface area contributed by atoms with E-state index in [0.29, 0.717) is 0 Å². The number of nitrogens with one attached hydrogen (secondary N) is 1. The smallest absolute Gasteiger partial charge is 0.284 e. The predicted molar refractivity (Wildman–Crippen MR) is 105 cm³/mol. The summed E-state index contributed by atoms with van der Waals surface area (Å²) in [4.78, 5) is 25.0. The van der Waals surface area contributed by atoms with Gasteiger partial charge in [-0.1, -0.05) is 18.2 Å². The van der Waals surface area contributed by atoms with Gasteiger partial charge in [-0.25, -0.2) is 8.42 Å². The monoisotopic (exact) mass is 428 g/mol. The van der Waals surface area contributed by atoms with Crippen LogP contribution in [0.25, 0.3) is 0 Å². The molecular weight excluding hydrogens is 408 g/mol. The van der Waals surface area contributed by atoms with Crippen LogP contribution in [0.1, 0.15) is 10.6 Å². The number of carbonyl (C=O) groups is 2. The summed E-state index contributed by atoms with van der Waals surface area (Å²) >= 11 is 0. The lowest BCUT2D eigenvalue weighted by Crippen LogP contribution is -2.51. The number of carbonyl (C=O) groups excluding carboxylic acids is 2. The van der Waals surface area contributed by atoms with E-state index in [1.807, 2.05) is 30.3 Å². The van der Waals surface area contributed by atoms with E-state index >= 15 is 0 Å². The van der Waals surface area contributed by atoms with Crippen molar-refractivity contribution in [3.8, 4) is 0 Å². The molecule has 1 fully saturated rings. The molecule has 0 radical (unpaired) electrons. The number of anilines is 1.